The smallest absolute Gasteiger partial charge is 0.360 e. The molecule has 0 saturated heterocycles. The van der Waals surface area contributed by atoms with Crippen molar-refractivity contribution in [2.75, 3.05) is 0 Å². The van der Waals surface area contributed by atoms with Crippen LogP contribution in [0.15, 0.2) is 59.7 Å². The molecule has 2 aromatic carbocycles. The van der Waals surface area contributed by atoms with Crippen LogP contribution in [-0.4, -0.2) is 30.6 Å². The predicted molar refractivity (Wildman–Crippen MR) is 110 cm³/mol. The number of aryl methyl sites for hydroxylation is 1. The number of benzene rings is 2. The van der Waals surface area contributed by atoms with Gasteiger partial charge in [-0.05, 0) is 41.8 Å². The van der Waals surface area contributed by atoms with Crippen molar-refractivity contribution in [3.63, 3.8) is 0 Å². The van der Waals surface area contributed by atoms with Crippen molar-refractivity contribution >= 4 is 28.5 Å². The van der Waals surface area contributed by atoms with E-state index in [4.69, 9.17) is 11.6 Å². The Morgan fingerprint density at radius 2 is 1.93 bits per heavy atom. The lowest BCUT2D eigenvalue weighted by atomic mass is 10.0. The Bertz CT molecular complexity index is 1260. The van der Waals surface area contributed by atoms with E-state index in [2.05, 4.69) is 10.2 Å². The van der Waals surface area contributed by atoms with Crippen LogP contribution in [0, 0.1) is 0 Å². The Hall–Kier alpha value is -3.45. The summed E-state index contributed by atoms with van der Waals surface area (Å²) in [5.74, 6) is -1.36. The Morgan fingerprint density at radius 1 is 1.17 bits per heavy atom. The number of hydrogen-bond donors (Lipinski definition) is 1. The lowest BCUT2D eigenvalue weighted by Crippen LogP contribution is -2.24. The zero-order valence-corrected chi connectivity index (χ0v) is 16.3. The van der Waals surface area contributed by atoms with Crippen LogP contribution in [0.3, 0.4) is 0 Å². The van der Waals surface area contributed by atoms with Crippen molar-refractivity contribution in [3.05, 3.63) is 86.9 Å². The largest absolute Gasteiger partial charge is 0.476 e. The number of rotatable bonds is 5. The second-order valence-corrected chi connectivity index (χ2v) is 6.95. The number of fused-ring (bicyclic) bond motifs is 1. The van der Waals surface area contributed by atoms with Crippen molar-refractivity contribution < 1.29 is 9.90 Å². The molecule has 4 aromatic rings. The van der Waals surface area contributed by atoms with Crippen molar-refractivity contribution in [3.8, 4) is 5.69 Å². The minimum absolute atomic E-state index is 0.267. The minimum atomic E-state index is -1.36. The maximum Gasteiger partial charge on any atom is 0.360 e. The second kappa shape index (κ2) is 7.52. The molecular formula is C21H17ClN4O3. The van der Waals surface area contributed by atoms with Gasteiger partial charge in [0.05, 0.1) is 28.2 Å². The van der Waals surface area contributed by atoms with Gasteiger partial charge in [-0.1, -0.05) is 36.7 Å². The van der Waals surface area contributed by atoms with Crippen molar-refractivity contribution in [1.29, 1.82) is 0 Å². The minimum Gasteiger partial charge on any atom is -0.476 e. The number of hydrogen-bond acceptors (Lipinski definition) is 4. The van der Waals surface area contributed by atoms with Crippen LogP contribution in [0.25, 0.3) is 16.6 Å². The van der Waals surface area contributed by atoms with E-state index in [9.17, 15) is 14.7 Å². The fourth-order valence-electron chi connectivity index (χ4n) is 3.35. The molecule has 146 valence electrons. The standard InChI is InChI=1S/C21H17ClN4O3/c1-2-14-6-9-16(22)19-17(14)20(27)18(21(28)29)24-26(19)12-13-4-7-15(8-5-13)25-11-3-10-23-25/h3-11H,2,12H2,1H3,(H,28,29). The van der Waals surface area contributed by atoms with Crippen LogP contribution < -0.4 is 5.43 Å². The molecule has 8 heteroatoms. The van der Waals surface area contributed by atoms with Crippen LogP contribution in [0.1, 0.15) is 28.5 Å². The average molecular weight is 409 g/mol. The lowest BCUT2D eigenvalue weighted by molar-refractivity contribution is 0.0686. The molecule has 1 N–H and O–H groups in total. The first-order valence-corrected chi connectivity index (χ1v) is 9.42. The van der Waals surface area contributed by atoms with Gasteiger partial charge in [-0.2, -0.15) is 10.2 Å². The van der Waals surface area contributed by atoms with E-state index in [1.807, 2.05) is 43.5 Å². The van der Waals surface area contributed by atoms with Crippen molar-refractivity contribution in [2.45, 2.75) is 19.9 Å². The van der Waals surface area contributed by atoms with Gasteiger partial charge in [0.1, 0.15) is 0 Å². The van der Waals surface area contributed by atoms with E-state index in [-0.39, 0.29) is 6.54 Å². The molecular weight excluding hydrogens is 392 g/mol. The fraction of sp³-hybridized carbons (Fsp3) is 0.143. The fourth-order valence-corrected chi connectivity index (χ4v) is 3.60. The lowest BCUT2D eigenvalue weighted by Gasteiger charge is -2.14. The number of carboxylic acids is 1. The molecule has 0 amide bonds. The van der Waals surface area contributed by atoms with Gasteiger partial charge in [0, 0.05) is 12.4 Å². The topological polar surface area (TPSA) is 90.0 Å². The Morgan fingerprint density at radius 3 is 2.55 bits per heavy atom. The quantitative estimate of drug-likeness (QED) is 0.545. The first kappa shape index (κ1) is 18.9. The summed E-state index contributed by atoms with van der Waals surface area (Å²) in [4.78, 5) is 24.4. The van der Waals surface area contributed by atoms with E-state index >= 15 is 0 Å². The van der Waals surface area contributed by atoms with Crippen LogP contribution in [0.5, 0.6) is 0 Å². The molecule has 0 aliphatic rings. The molecule has 0 radical (unpaired) electrons. The Labute approximate surface area is 170 Å². The van der Waals surface area contributed by atoms with Crippen LogP contribution in [-0.2, 0) is 13.0 Å². The van der Waals surface area contributed by atoms with Gasteiger partial charge in [-0.25, -0.2) is 9.48 Å². The molecule has 0 fully saturated rings. The SMILES string of the molecule is CCc1ccc(Cl)c2c1c(=O)c(C(=O)O)nn2Cc1ccc(-n2cccn2)cc1. The van der Waals surface area contributed by atoms with Gasteiger partial charge in [-0.3, -0.25) is 9.48 Å². The third-order valence-corrected chi connectivity index (χ3v) is 5.06. The summed E-state index contributed by atoms with van der Waals surface area (Å²) >= 11 is 6.40. The van der Waals surface area contributed by atoms with Crippen molar-refractivity contribution in [2.24, 2.45) is 0 Å². The van der Waals surface area contributed by atoms with E-state index < -0.39 is 17.1 Å². The molecule has 0 unspecified atom stereocenters. The molecule has 0 aliphatic carbocycles. The molecule has 2 aromatic heterocycles. The summed E-state index contributed by atoms with van der Waals surface area (Å²) in [5, 5.41) is 18.4. The summed E-state index contributed by atoms with van der Waals surface area (Å²) in [6.07, 6.45) is 4.12. The Balaban J connectivity index is 1.86. The van der Waals surface area contributed by atoms with Crippen molar-refractivity contribution in [1.82, 2.24) is 19.6 Å². The number of carbonyl (C=O) groups is 1. The predicted octanol–water partition coefficient (Wildman–Crippen LogP) is 3.54. The highest BCUT2D eigenvalue weighted by Crippen LogP contribution is 2.25. The highest BCUT2D eigenvalue weighted by atomic mass is 35.5. The highest BCUT2D eigenvalue weighted by Gasteiger charge is 2.20. The van der Waals surface area contributed by atoms with Crippen LogP contribution >= 0.6 is 11.6 Å². The molecule has 0 bridgehead atoms. The number of nitrogens with zero attached hydrogens (tertiary/aromatic N) is 4. The summed E-state index contributed by atoms with van der Waals surface area (Å²) in [6, 6.07) is 12.9. The second-order valence-electron chi connectivity index (χ2n) is 6.54. The average Bonchev–Trinajstić information content (AvgIpc) is 3.25. The first-order valence-electron chi connectivity index (χ1n) is 9.04. The first-order chi connectivity index (χ1) is 14.0. The third kappa shape index (κ3) is 3.40. The maximum absolute atomic E-state index is 12.8. The summed E-state index contributed by atoms with van der Waals surface area (Å²) in [7, 11) is 0. The zero-order chi connectivity index (χ0) is 20.5. The molecule has 29 heavy (non-hydrogen) atoms. The normalized spacial score (nSPS) is 11.1. The maximum atomic E-state index is 12.8. The highest BCUT2D eigenvalue weighted by molar-refractivity contribution is 6.35. The summed E-state index contributed by atoms with van der Waals surface area (Å²) < 4.78 is 3.23. The number of aromatic carboxylic acids is 1. The van der Waals surface area contributed by atoms with E-state index in [0.717, 1.165) is 16.8 Å². The van der Waals surface area contributed by atoms with Crippen LogP contribution in [0.4, 0.5) is 0 Å². The van der Waals surface area contributed by atoms with Gasteiger partial charge in [0.25, 0.3) is 0 Å². The molecule has 4 rings (SSSR count). The summed E-state index contributed by atoms with van der Waals surface area (Å²) in [6.45, 7) is 2.17. The van der Waals surface area contributed by atoms with E-state index in [1.54, 1.807) is 23.0 Å². The van der Waals surface area contributed by atoms with Gasteiger partial charge < -0.3 is 5.11 Å². The van der Waals surface area contributed by atoms with Crippen LogP contribution in [0.2, 0.25) is 5.02 Å². The van der Waals surface area contributed by atoms with Gasteiger partial charge in [0.2, 0.25) is 11.1 Å². The van der Waals surface area contributed by atoms with Gasteiger partial charge >= 0.3 is 5.97 Å². The molecule has 0 spiro atoms. The monoisotopic (exact) mass is 408 g/mol. The summed E-state index contributed by atoms with van der Waals surface area (Å²) in [5.41, 5.74) is 1.83. The number of aromatic nitrogens is 4. The molecule has 0 aliphatic heterocycles. The number of halogens is 1. The number of carboxylic acid groups (broad SMARTS) is 1. The van der Waals surface area contributed by atoms with E-state index in [0.29, 0.717) is 22.3 Å². The Kier molecular flexibility index (Phi) is 4.90. The van der Waals surface area contributed by atoms with Gasteiger partial charge in [-0.15, -0.1) is 0 Å². The third-order valence-electron chi connectivity index (χ3n) is 4.76. The van der Waals surface area contributed by atoms with E-state index in [1.165, 1.54) is 4.68 Å². The molecule has 0 atom stereocenters. The molecule has 7 nitrogen and oxygen atoms in total. The molecule has 2 heterocycles. The van der Waals surface area contributed by atoms with Gasteiger partial charge in [0.15, 0.2) is 0 Å². The molecule has 0 saturated carbocycles. The zero-order valence-electron chi connectivity index (χ0n) is 15.5.